The Bertz CT molecular complexity index is 3410. The van der Waals surface area contributed by atoms with Gasteiger partial charge in [-0.05, 0) is 197 Å². The van der Waals surface area contributed by atoms with Crippen LogP contribution in [-0.4, -0.2) is 30.4 Å². The van der Waals surface area contributed by atoms with Crippen molar-refractivity contribution < 1.29 is 14.9 Å². The van der Waals surface area contributed by atoms with E-state index in [-0.39, 0.29) is 28.4 Å². The van der Waals surface area contributed by atoms with E-state index in [1.807, 2.05) is 19.1 Å². The number of allylic oxidation sites excluding steroid dienone is 6. The molecule has 2 N–H and O–H groups in total. The third kappa shape index (κ3) is 8.31. The molecule has 0 bridgehead atoms. The highest BCUT2D eigenvalue weighted by molar-refractivity contribution is 5.95. The van der Waals surface area contributed by atoms with Gasteiger partial charge in [-0.1, -0.05) is 120 Å². The lowest BCUT2D eigenvalue weighted by Gasteiger charge is -2.30. The van der Waals surface area contributed by atoms with Crippen LogP contribution in [0.1, 0.15) is 115 Å². The zero-order valence-corrected chi connectivity index (χ0v) is 43.7. The molecule has 0 spiro atoms. The highest BCUT2D eigenvalue weighted by atomic mass is 16.5. The first-order chi connectivity index (χ1) is 34.0. The monoisotopic (exact) mass is 939 g/mol. The molecule has 0 fully saturated rings. The zero-order chi connectivity index (χ0) is 50.1. The van der Waals surface area contributed by atoms with Crippen LogP contribution in [0.4, 0.5) is 11.4 Å². The number of aromatic hydroxyl groups is 2. The van der Waals surface area contributed by atoms with Gasteiger partial charge in [-0.3, -0.25) is 0 Å². The van der Waals surface area contributed by atoms with Crippen molar-refractivity contribution in [1.29, 1.82) is 0 Å². The zero-order valence-electron chi connectivity index (χ0n) is 43.7. The van der Waals surface area contributed by atoms with Gasteiger partial charge in [0.25, 0.3) is 0 Å². The van der Waals surface area contributed by atoms with Gasteiger partial charge in [-0.2, -0.15) is 0 Å². The first kappa shape index (κ1) is 47.7. The predicted molar refractivity (Wildman–Crippen MR) is 298 cm³/mol. The summed E-state index contributed by atoms with van der Waals surface area (Å²) in [6, 6.07) is 38.9. The number of phenolic OH excluding ortho intramolecular Hbond substituents is 2. The number of nitrogens with zero attached hydrogens (tertiary/aromatic N) is 2. The summed E-state index contributed by atoms with van der Waals surface area (Å²) in [5, 5.41) is 27.0. The number of hydrogen-bond donors (Lipinski definition) is 2. The van der Waals surface area contributed by atoms with E-state index in [4.69, 9.17) is 4.74 Å². The Balaban J connectivity index is 1.06. The number of benzene rings is 7. The van der Waals surface area contributed by atoms with Gasteiger partial charge in [0.15, 0.2) is 0 Å². The van der Waals surface area contributed by atoms with Crippen LogP contribution >= 0.6 is 0 Å². The first-order valence-electron chi connectivity index (χ1n) is 25.7. The Morgan fingerprint density at radius 3 is 2.04 bits per heavy atom. The number of hydrogen-bond acceptors (Lipinski definition) is 5. The molecule has 1 aliphatic carbocycles. The lowest BCUT2D eigenvalue weighted by Crippen LogP contribution is -2.37. The number of likely N-dealkylation sites (N-methyl/N-ethyl adjacent to an activating group) is 2. The summed E-state index contributed by atoms with van der Waals surface area (Å²) in [7, 11) is 4.46. The summed E-state index contributed by atoms with van der Waals surface area (Å²) in [6.45, 7) is 20.2. The highest BCUT2D eigenvalue weighted by Crippen LogP contribution is 2.51. The number of ether oxygens (including phenoxy) is 1. The van der Waals surface area contributed by atoms with Crippen LogP contribution in [0.3, 0.4) is 0 Å². The minimum absolute atomic E-state index is 0.132. The van der Waals surface area contributed by atoms with Gasteiger partial charge in [0.1, 0.15) is 23.0 Å². The molecule has 5 heteroatoms. The lowest BCUT2D eigenvalue weighted by molar-refractivity contribution is 0.414. The first-order valence-corrected chi connectivity index (χ1v) is 25.7. The Hall–Kier alpha value is -6.98. The second kappa shape index (κ2) is 18.3. The molecule has 362 valence electrons. The second-order valence-corrected chi connectivity index (χ2v) is 21.7. The van der Waals surface area contributed by atoms with E-state index in [2.05, 4.69) is 195 Å². The van der Waals surface area contributed by atoms with E-state index in [9.17, 15) is 10.2 Å². The maximum absolute atomic E-state index is 11.3. The number of phenols is 2. The normalized spacial score (nSPS) is 18.4. The third-order valence-corrected chi connectivity index (χ3v) is 16.8. The van der Waals surface area contributed by atoms with E-state index in [1.165, 1.54) is 77.6 Å². The average Bonchev–Trinajstić information content (AvgIpc) is 3.68. The average molecular weight is 939 g/mol. The molecule has 0 saturated carbocycles. The van der Waals surface area contributed by atoms with Crippen molar-refractivity contribution in [3.63, 3.8) is 0 Å². The van der Waals surface area contributed by atoms with Crippen molar-refractivity contribution in [3.05, 3.63) is 217 Å². The van der Waals surface area contributed by atoms with Crippen LogP contribution in [0.2, 0.25) is 0 Å². The van der Waals surface area contributed by atoms with Gasteiger partial charge in [-0.25, -0.2) is 0 Å². The molecule has 5 nitrogen and oxygen atoms in total. The van der Waals surface area contributed by atoms with Crippen molar-refractivity contribution in [3.8, 4) is 17.2 Å². The minimum Gasteiger partial charge on any atom is -0.508 e. The molecule has 0 saturated heterocycles. The summed E-state index contributed by atoms with van der Waals surface area (Å²) >= 11 is 0. The topological polar surface area (TPSA) is 56.2 Å². The van der Waals surface area contributed by atoms with E-state index in [0.717, 1.165) is 70.6 Å². The van der Waals surface area contributed by atoms with Crippen molar-refractivity contribution in [2.45, 2.75) is 118 Å². The fourth-order valence-electron chi connectivity index (χ4n) is 12.5. The summed E-state index contributed by atoms with van der Waals surface area (Å²) in [5.74, 6) is 2.33. The Kier molecular flexibility index (Phi) is 12.3. The molecular weight excluding hydrogens is 869 g/mol. The van der Waals surface area contributed by atoms with Crippen LogP contribution < -0.4 is 14.5 Å². The van der Waals surface area contributed by atoms with Crippen molar-refractivity contribution in [1.82, 2.24) is 0 Å². The lowest BCUT2D eigenvalue weighted by atomic mass is 9.78. The van der Waals surface area contributed by atoms with Crippen LogP contribution in [0, 0.1) is 27.7 Å². The quantitative estimate of drug-likeness (QED) is 0.143. The Morgan fingerprint density at radius 1 is 0.662 bits per heavy atom. The maximum atomic E-state index is 11.3. The number of aryl methyl sites for hydroxylation is 2. The van der Waals surface area contributed by atoms with E-state index in [0.29, 0.717) is 12.8 Å². The number of anilines is 2. The fraction of sp³-hybridized carbons (Fsp3) is 0.303. The molecule has 7 aromatic rings. The van der Waals surface area contributed by atoms with Crippen LogP contribution in [0.15, 0.2) is 156 Å². The highest BCUT2D eigenvalue weighted by Gasteiger charge is 2.43. The van der Waals surface area contributed by atoms with Gasteiger partial charge >= 0.3 is 0 Å². The molecule has 0 amide bonds. The van der Waals surface area contributed by atoms with E-state index in [1.54, 1.807) is 6.07 Å². The van der Waals surface area contributed by atoms with Gasteiger partial charge < -0.3 is 24.7 Å². The molecule has 1 unspecified atom stereocenters. The maximum Gasteiger partial charge on any atom is 0.133 e. The molecule has 10 rings (SSSR count). The standard InChI is InChI=1S/C66H70N2O3/c1-12-44-37-53(38-50(42(44)4)35-49-26-31-59(70)56(43(49)5)39-51-36-52(69)34-40(2)41(51)3)71-64-47(27-32-60-65(6,7)62-54-22-15-13-18-45(54)24-29-57(62)67(60)10)20-17-21-48(64)28-33-61-66(8,9)63-55-23-16-14-19-46(55)25-30-58(63)68(61)11/h13-16,18-19,22-34,36-38,60,69-70H,12,17,20-21,35,39H2,1-11H3/b32-27+,48-28+,61-33+. The SMILES string of the molecule is CCc1cc(OC2=C(/C=C/C3N(C)c4ccc5ccccc5c4C3(C)C)CCC/C2=C\C=C2\N(C)c3ccc4ccccc4c3C2(C)C)cc(Cc2ccc(O)c(Cc3cc(O)cc(C)c3C)c2C)c1C. The minimum atomic E-state index is -0.212. The molecule has 71 heavy (non-hydrogen) atoms. The van der Waals surface area contributed by atoms with Gasteiger partial charge in [-0.15, -0.1) is 0 Å². The number of fused-ring (bicyclic) bond motifs is 6. The Labute approximate surface area is 422 Å². The van der Waals surface area contributed by atoms with Gasteiger partial charge in [0.05, 0.1) is 6.04 Å². The molecule has 7 aromatic carbocycles. The van der Waals surface area contributed by atoms with Crippen molar-refractivity contribution >= 4 is 32.9 Å². The summed E-state index contributed by atoms with van der Waals surface area (Å²) in [6.07, 6.45) is 14.5. The Morgan fingerprint density at radius 2 is 1.32 bits per heavy atom. The fourth-order valence-corrected chi connectivity index (χ4v) is 12.5. The van der Waals surface area contributed by atoms with E-state index >= 15 is 0 Å². The summed E-state index contributed by atoms with van der Waals surface area (Å²) in [4.78, 5) is 4.85. The molecule has 2 heterocycles. The van der Waals surface area contributed by atoms with Crippen molar-refractivity contribution in [2.24, 2.45) is 0 Å². The molecule has 0 aromatic heterocycles. The molecular formula is C66H70N2O3. The van der Waals surface area contributed by atoms with E-state index < -0.39 is 0 Å². The van der Waals surface area contributed by atoms with Crippen molar-refractivity contribution in [2.75, 3.05) is 23.9 Å². The number of rotatable bonds is 10. The summed E-state index contributed by atoms with van der Waals surface area (Å²) in [5.41, 5.74) is 18.7. The van der Waals surface area contributed by atoms with Gasteiger partial charge in [0, 0.05) is 54.0 Å². The molecule has 3 aliphatic rings. The second-order valence-electron chi connectivity index (χ2n) is 21.7. The van der Waals surface area contributed by atoms with Crippen LogP contribution in [0.5, 0.6) is 17.2 Å². The molecule has 1 atom stereocenters. The van der Waals surface area contributed by atoms with Crippen LogP contribution in [-0.2, 0) is 30.1 Å². The predicted octanol–water partition coefficient (Wildman–Crippen LogP) is 15.8. The molecule has 0 radical (unpaired) electrons. The third-order valence-electron chi connectivity index (χ3n) is 16.8. The smallest absolute Gasteiger partial charge is 0.133 e. The molecule has 2 aliphatic heterocycles. The largest absolute Gasteiger partial charge is 0.508 e. The van der Waals surface area contributed by atoms with Crippen LogP contribution in [0.25, 0.3) is 21.5 Å². The van der Waals surface area contributed by atoms with Gasteiger partial charge in [0.2, 0.25) is 0 Å². The summed E-state index contributed by atoms with van der Waals surface area (Å²) < 4.78 is 7.41.